The molecule has 6 aromatic rings. The van der Waals surface area contributed by atoms with Crippen LogP contribution in [0.1, 0.15) is 0 Å². The van der Waals surface area contributed by atoms with Crippen molar-refractivity contribution in [3.63, 3.8) is 0 Å². The molecule has 4 aromatic heterocycles. The Labute approximate surface area is 182 Å². The summed E-state index contributed by atoms with van der Waals surface area (Å²) in [6, 6.07) is 25.1. The zero-order valence-corrected chi connectivity index (χ0v) is 17.6. The highest BCUT2D eigenvalue weighted by Gasteiger charge is 2.36. The van der Waals surface area contributed by atoms with Crippen molar-refractivity contribution in [2.75, 3.05) is 0 Å². The summed E-state index contributed by atoms with van der Waals surface area (Å²) in [6.45, 7) is 0. The van der Waals surface area contributed by atoms with Crippen LogP contribution in [-0.4, -0.2) is 23.7 Å². The number of benzene rings is 2. The summed E-state index contributed by atoms with van der Waals surface area (Å²) in [5, 5.41) is 0.499. The highest BCUT2D eigenvalue weighted by molar-refractivity contribution is 7.77. The van der Waals surface area contributed by atoms with Gasteiger partial charge in [-0.25, -0.2) is 13.7 Å². The van der Waals surface area contributed by atoms with Crippen molar-refractivity contribution in [2.24, 2.45) is 0 Å². The van der Waals surface area contributed by atoms with E-state index in [1.54, 1.807) is 65.3 Å². The Bertz CT molecular complexity index is 1680. The van der Waals surface area contributed by atoms with Crippen LogP contribution in [0.15, 0.2) is 102 Å². The van der Waals surface area contributed by atoms with Crippen LogP contribution in [0.4, 0.5) is 0 Å². The molecule has 0 spiro atoms. The second-order valence-electron chi connectivity index (χ2n) is 7.32. The van der Waals surface area contributed by atoms with Gasteiger partial charge in [-0.3, -0.25) is 19.3 Å². The molecule has 4 heterocycles. The Hall–Kier alpha value is -4.09. The molecule has 0 fully saturated rings. The van der Waals surface area contributed by atoms with E-state index in [1.807, 2.05) is 36.4 Å². The molecule has 0 N–H and O–H groups in total. The summed E-state index contributed by atoms with van der Waals surface area (Å²) in [5.41, 5.74) is 2.29. The van der Waals surface area contributed by atoms with Crippen molar-refractivity contribution in [3.8, 4) is 0 Å². The molecule has 2 aromatic carbocycles. The Kier molecular flexibility index (Phi) is 4.06. The van der Waals surface area contributed by atoms with Crippen molar-refractivity contribution < 1.29 is 4.57 Å². The molecule has 7 nitrogen and oxygen atoms in total. The van der Waals surface area contributed by atoms with Gasteiger partial charge in [0.2, 0.25) is 5.78 Å². The van der Waals surface area contributed by atoms with E-state index in [0.717, 1.165) is 0 Å². The lowest BCUT2D eigenvalue weighted by atomic mass is 10.2. The number of fused-ring (bicyclic) bond motifs is 4. The van der Waals surface area contributed by atoms with E-state index in [0.29, 0.717) is 32.8 Å². The van der Waals surface area contributed by atoms with E-state index in [4.69, 9.17) is 4.98 Å². The number of aromatic nitrogens is 5. The van der Waals surface area contributed by atoms with E-state index in [1.165, 1.54) is 4.40 Å². The van der Waals surface area contributed by atoms with Gasteiger partial charge in [0.15, 0.2) is 0 Å². The third-order valence-electron chi connectivity index (χ3n) is 5.50. The molecule has 0 radical (unpaired) electrons. The number of para-hydroxylation sites is 3. The molecule has 0 aliphatic heterocycles. The molecule has 6 rings (SSSR count). The third kappa shape index (κ3) is 2.52. The first-order chi connectivity index (χ1) is 15.7. The zero-order valence-electron chi connectivity index (χ0n) is 16.7. The number of pyridine rings is 2. The lowest BCUT2D eigenvalue weighted by Crippen LogP contribution is -2.26. The normalized spacial score (nSPS) is 12.0. The number of imidazole rings is 1. The van der Waals surface area contributed by atoms with Gasteiger partial charge < -0.3 is 0 Å². The molecular formula is C24H16N5O2P. The van der Waals surface area contributed by atoms with Crippen molar-refractivity contribution in [2.45, 2.75) is 0 Å². The fraction of sp³-hybridized carbons (Fsp3) is 0. The summed E-state index contributed by atoms with van der Waals surface area (Å²) in [5.74, 6) is 0.287. The van der Waals surface area contributed by atoms with Crippen molar-refractivity contribution in [1.29, 1.82) is 0 Å². The highest BCUT2D eigenvalue weighted by Crippen LogP contribution is 2.47. The molecule has 0 aliphatic rings. The Balaban J connectivity index is 1.88. The maximum Gasteiger partial charge on any atom is 0.271 e. The molecule has 32 heavy (non-hydrogen) atoms. The lowest BCUT2D eigenvalue weighted by molar-refractivity contribution is 0.582. The molecule has 8 heteroatoms. The number of hydrogen-bond donors (Lipinski definition) is 0. The van der Waals surface area contributed by atoms with Crippen LogP contribution in [0.25, 0.3) is 27.7 Å². The number of hydrogen-bond acceptors (Lipinski definition) is 5. The standard InChI is InChI=1S/C24H16N5O2P/c30-23-17-9-1-2-10-18(17)27-24-28(23)19-11-3-4-12-20(19)29(24)32(31,21-13-5-7-15-25-21)22-14-6-8-16-26-22/h1-16H. The molecule has 0 atom stereocenters. The van der Waals surface area contributed by atoms with Gasteiger partial charge in [0, 0.05) is 12.4 Å². The van der Waals surface area contributed by atoms with Gasteiger partial charge in [-0.1, -0.05) is 36.4 Å². The summed E-state index contributed by atoms with van der Waals surface area (Å²) in [4.78, 5) is 27.2. The zero-order chi connectivity index (χ0) is 21.7. The van der Waals surface area contributed by atoms with Crippen LogP contribution in [-0.2, 0) is 4.57 Å². The minimum absolute atomic E-state index is 0.214. The number of rotatable bonds is 3. The van der Waals surface area contributed by atoms with E-state index in [2.05, 4.69) is 9.97 Å². The molecule has 0 saturated heterocycles. The van der Waals surface area contributed by atoms with Crippen LogP contribution in [0.2, 0.25) is 0 Å². The van der Waals surface area contributed by atoms with Crippen molar-refractivity contribution in [3.05, 3.63) is 108 Å². The first-order valence-corrected chi connectivity index (χ1v) is 11.7. The van der Waals surface area contributed by atoms with Gasteiger partial charge in [0.05, 0.1) is 21.9 Å². The average Bonchev–Trinajstić information content (AvgIpc) is 3.19. The van der Waals surface area contributed by atoms with Crippen LogP contribution in [0, 0.1) is 0 Å². The molecule has 0 unspecified atom stereocenters. The van der Waals surface area contributed by atoms with Crippen LogP contribution in [0.3, 0.4) is 0 Å². The Morgan fingerprint density at radius 2 is 1.28 bits per heavy atom. The molecule has 154 valence electrons. The van der Waals surface area contributed by atoms with Gasteiger partial charge >= 0.3 is 0 Å². The maximum atomic E-state index is 15.0. The number of nitrogens with zero attached hydrogens (tertiary/aromatic N) is 5. The van der Waals surface area contributed by atoms with E-state index >= 15 is 4.57 Å². The third-order valence-corrected chi connectivity index (χ3v) is 8.23. The minimum atomic E-state index is -3.65. The van der Waals surface area contributed by atoms with Crippen LogP contribution >= 0.6 is 7.29 Å². The first kappa shape index (κ1) is 18.7. The predicted molar refractivity (Wildman–Crippen MR) is 125 cm³/mol. The van der Waals surface area contributed by atoms with E-state index < -0.39 is 7.29 Å². The minimum Gasteiger partial charge on any atom is -0.286 e. The summed E-state index contributed by atoms with van der Waals surface area (Å²) < 4.78 is 18.2. The quantitative estimate of drug-likeness (QED) is 0.397. The maximum absolute atomic E-state index is 15.0. The fourth-order valence-electron chi connectivity index (χ4n) is 4.09. The largest absolute Gasteiger partial charge is 0.286 e. The molecule has 0 saturated carbocycles. The summed E-state index contributed by atoms with van der Waals surface area (Å²) >= 11 is 0. The van der Waals surface area contributed by atoms with Gasteiger partial charge in [0.1, 0.15) is 10.9 Å². The average molecular weight is 437 g/mol. The van der Waals surface area contributed by atoms with Gasteiger partial charge in [-0.15, -0.1) is 0 Å². The van der Waals surface area contributed by atoms with Crippen molar-refractivity contribution >= 4 is 45.9 Å². The Morgan fingerprint density at radius 3 is 1.94 bits per heavy atom. The topological polar surface area (TPSA) is 82.1 Å². The van der Waals surface area contributed by atoms with Gasteiger partial charge in [-0.2, -0.15) is 0 Å². The molecular weight excluding hydrogens is 421 g/mol. The highest BCUT2D eigenvalue weighted by atomic mass is 31.2. The van der Waals surface area contributed by atoms with E-state index in [-0.39, 0.29) is 11.3 Å². The monoisotopic (exact) mass is 437 g/mol. The predicted octanol–water partition coefficient (Wildman–Crippen LogP) is 3.37. The van der Waals surface area contributed by atoms with Crippen LogP contribution in [0.5, 0.6) is 0 Å². The van der Waals surface area contributed by atoms with E-state index in [9.17, 15) is 4.79 Å². The first-order valence-electron chi connectivity index (χ1n) is 10.0. The summed E-state index contributed by atoms with van der Waals surface area (Å²) in [6.07, 6.45) is 3.21. The SMILES string of the molecule is O=c1c2ccccc2nc2n(P(=O)(c3ccccn3)c3ccccn3)c3ccccc3n12. The molecule has 0 bridgehead atoms. The second kappa shape index (κ2) is 6.97. The molecule has 0 amide bonds. The van der Waals surface area contributed by atoms with Crippen molar-refractivity contribution in [1.82, 2.24) is 23.7 Å². The van der Waals surface area contributed by atoms with Gasteiger partial charge in [-0.05, 0) is 48.5 Å². The van der Waals surface area contributed by atoms with Crippen LogP contribution < -0.4 is 16.4 Å². The second-order valence-corrected chi connectivity index (χ2v) is 9.79. The summed E-state index contributed by atoms with van der Waals surface area (Å²) in [7, 11) is -3.65. The smallest absolute Gasteiger partial charge is 0.271 e. The lowest BCUT2D eigenvalue weighted by Gasteiger charge is -2.20. The van der Waals surface area contributed by atoms with Gasteiger partial charge in [0.25, 0.3) is 12.9 Å². The fourth-order valence-corrected chi connectivity index (χ4v) is 6.61. The molecule has 0 aliphatic carbocycles. The Morgan fingerprint density at radius 1 is 0.688 bits per heavy atom.